The van der Waals surface area contributed by atoms with Crippen molar-refractivity contribution in [2.24, 2.45) is 5.92 Å². The average molecular weight is 353 g/mol. The topological polar surface area (TPSA) is 29.5 Å². The normalized spacial score (nSPS) is 13.5. The zero-order valence-corrected chi connectivity index (χ0v) is 16.6. The minimum absolute atomic E-state index is 0.0165. The summed E-state index contributed by atoms with van der Waals surface area (Å²) >= 11 is 0. The lowest BCUT2D eigenvalue weighted by atomic mass is 9.83. The molecule has 2 atom stereocenters. The van der Waals surface area contributed by atoms with E-state index in [0.29, 0.717) is 0 Å². The van der Waals surface area contributed by atoms with Crippen molar-refractivity contribution in [2.75, 3.05) is 13.7 Å². The second-order valence-corrected chi connectivity index (χ2v) is 12.2. The molecule has 3 heteroatoms. The van der Waals surface area contributed by atoms with E-state index < -0.39 is 8.07 Å². The van der Waals surface area contributed by atoms with Gasteiger partial charge in [-0.15, -0.1) is 11.5 Å². The van der Waals surface area contributed by atoms with Crippen molar-refractivity contribution < 1.29 is 9.84 Å². The second-order valence-electron chi connectivity index (χ2n) is 7.40. The second kappa shape index (κ2) is 8.89. The minimum Gasteiger partial charge on any atom is -0.497 e. The predicted octanol–water partition coefficient (Wildman–Crippen LogP) is 4.51. The van der Waals surface area contributed by atoms with Crippen molar-refractivity contribution in [2.45, 2.75) is 32.0 Å². The summed E-state index contributed by atoms with van der Waals surface area (Å²) in [5.41, 5.74) is 5.87. The van der Waals surface area contributed by atoms with E-state index in [9.17, 15) is 5.11 Å². The molecule has 0 amide bonds. The van der Waals surface area contributed by atoms with E-state index in [1.807, 2.05) is 30.3 Å². The largest absolute Gasteiger partial charge is 0.497 e. The highest BCUT2D eigenvalue weighted by Crippen LogP contribution is 2.29. The number of benzene rings is 2. The van der Waals surface area contributed by atoms with Crippen molar-refractivity contribution in [1.29, 1.82) is 0 Å². The van der Waals surface area contributed by atoms with Crippen molar-refractivity contribution in [3.8, 4) is 17.2 Å². The molecule has 0 aliphatic heterocycles. The Balaban J connectivity index is 2.35. The molecule has 0 fully saturated rings. The van der Waals surface area contributed by atoms with Gasteiger partial charge in [0, 0.05) is 18.4 Å². The Morgan fingerprint density at radius 3 is 2.16 bits per heavy atom. The van der Waals surface area contributed by atoms with E-state index >= 15 is 0 Å². The summed E-state index contributed by atoms with van der Waals surface area (Å²) in [6.07, 6.45) is 0.814. The van der Waals surface area contributed by atoms with Gasteiger partial charge in [-0.1, -0.05) is 62.1 Å². The highest BCUT2D eigenvalue weighted by Gasteiger charge is 2.22. The van der Waals surface area contributed by atoms with Crippen molar-refractivity contribution in [3.63, 3.8) is 0 Å². The van der Waals surface area contributed by atoms with Crippen molar-refractivity contribution in [3.05, 3.63) is 65.7 Å². The maximum absolute atomic E-state index is 10.1. The summed E-state index contributed by atoms with van der Waals surface area (Å²) < 4.78 is 5.27. The molecule has 0 unspecified atom stereocenters. The molecule has 0 bridgehead atoms. The minimum atomic E-state index is -1.49. The molecule has 0 aliphatic rings. The number of ether oxygens (including phenoxy) is 1. The molecule has 0 saturated carbocycles. The van der Waals surface area contributed by atoms with E-state index in [0.717, 1.165) is 17.7 Å². The maximum atomic E-state index is 10.1. The van der Waals surface area contributed by atoms with Gasteiger partial charge in [-0.3, -0.25) is 0 Å². The first-order valence-electron chi connectivity index (χ1n) is 8.74. The van der Waals surface area contributed by atoms with E-state index in [-0.39, 0.29) is 18.4 Å². The van der Waals surface area contributed by atoms with Crippen LogP contribution >= 0.6 is 0 Å². The third-order valence-electron chi connectivity index (χ3n) is 4.12. The van der Waals surface area contributed by atoms with E-state index in [2.05, 4.69) is 55.4 Å². The van der Waals surface area contributed by atoms with Crippen LogP contribution in [-0.4, -0.2) is 26.9 Å². The molecule has 2 rings (SSSR count). The fourth-order valence-electron chi connectivity index (χ4n) is 2.78. The molecule has 0 spiro atoms. The van der Waals surface area contributed by atoms with E-state index in [1.54, 1.807) is 7.11 Å². The standard InChI is InChI=1S/C22H28O2Si/c1-24-21-12-10-19(11-13-21)22(14-15-25(2,3)4)20(17-23)16-18-8-6-5-7-9-18/h5-13,20,22-23H,16-17H2,1-4H3/t20-,22+/m0/s1. The van der Waals surface area contributed by atoms with Gasteiger partial charge in [-0.2, -0.15) is 0 Å². The Morgan fingerprint density at radius 1 is 1.00 bits per heavy atom. The number of rotatable bonds is 6. The molecule has 2 aromatic rings. The van der Waals surface area contributed by atoms with Gasteiger partial charge in [0.2, 0.25) is 0 Å². The molecule has 0 aromatic heterocycles. The van der Waals surface area contributed by atoms with Crippen LogP contribution in [-0.2, 0) is 6.42 Å². The van der Waals surface area contributed by atoms with Gasteiger partial charge in [0.25, 0.3) is 0 Å². The summed E-state index contributed by atoms with van der Waals surface area (Å²) in [6.45, 7) is 6.86. The van der Waals surface area contributed by atoms with Crippen LogP contribution in [0, 0.1) is 17.4 Å². The first-order chi connectivity index (χ1) is 11.9. The lowest BCUT2D eigenvalue weighted by Crippen LogP contribution is -2.21. The lowest BCUT2D eigenvalue weighted by Gasteiger charge is -2.23. The Bertz CT molecular complexity index is 706. The zero-order chi connectivity index (χ0) is 18.3. The lowest BCUT2D eigenvalue weighted by molar-refractivity contribution is 0.216. The monoisotopic (exact) mass is 352 g/mol. The number of aliphatic hydroxyl groups is 1. The van der Waals surface area contributed by atoms with Crippen LogP contribution < -0.4 is 4.74 Å². The van der Waals surface area contributed by atoms with Gasteiger partial charge in [0.05, 0.1) is 7.11 Å². The summed E-state index contributed by atoms with van der Waals surface area (Å²) in [4.78, 5) is 0. The van der Waals surface area contributed by atoms with Gasteiger partial charge in [0.15, 0.2) is 0 Å². The molecular weight excluding hydrogens is 324 g/mol. The van der Waals surface area contributed by atoms with E-state index in [1.165, 1.54) is 5.56 Å². The predicted molar refractivity (Wildman–Crippen MR) is 108 cm³/mol. The molecule has 132 valence electrons. The molecule has 0 saturated heterocycles. The number of methoxy groups -OCH3 is 1. The summed E-state index contributed by atoms with van der Waals surface area (Å²) in [7, 11) is 0.181. The summed E-state index contributed by atoms with van der Waals surface area (Å²) in [6, 6.07) is 18.4. The quantitative estimate of drug-likeness (QED) is 0.612. The van der Waals surface area contributed by atoms with Gasteiger partial charge in [0.1, 0.15) is 13.8 Å². The maximum Gasteiger partial charge on any atom is 0.129 e. The molecular formula is C22H28O2Si. The van der Waals surface area contributed by atoms with Crippen molar-refractivity contribution >= 4 is 8.07 Å². The highest BCUT2D eigenvalue weighted by atomic mass is 28.3. The summed E-state index contributed by atoms with van der Waals surface area (Å²) in [5.74, 6) is 4.42. The molecule has 1 N–H and O–H groups in total. The molecule has 0 aliphatic carbocycles. The SMILES string of the molecule is COc1ccc([C@@H](C#C[Si](C)(C)C)[C@H](CO)Cc2ccccc2)cc1. The van der Waals surface area contributed by atoms with Crippen LogP contribution in [0.1, 0.15) is 17.0 Å². The molecule has 25 heavy (non-hydrogen) atoms. The Kier molecular flexibility index (Phi) is 6.87. The molecule has 0 radical (unpaired) electrons. The number of hydrogen-bond acceptors (Lipinski definition) is 2. The fourth-order valence-corrected chi connectivity index (χ4v) is 3.37. The van der Waals surface area contributed by atoms with Crippen LogP contribution in [0.4, 0.5) is 0 Å². The summed E-state index contributed by atoms with van der Waals surface area (Å²) in [5, 5.41) is 10.1. The number of hydrogen-bond donors (Lipinski definition) is 1. The van der Waals surface area contributed by atoms with Crippen LogP contribution in [0.3, 0.4) is 0 Å². The van der Waals surface area contributed by atoms with Crippen molar-refractivity contribution in [1.82, 2.24) is 0 Å². The van der Waals surface area contributed by atoms with E-state index in [4.69, 9.17) is 4.74 Å². The van der Waals surface area contributed by atoms with Gasteiger partial charge < -0.3 is 9.84 Å². The van der Waals surface area contributed by atoms with Gasteiger partial charge in [-0.05, 0) is 29.7 Å². The van der Waals surface area contributed by atoms with Gasteiger partial charge >= 0.3 is 0 Å². The molecule has 2 aromatic carbocycles. The van der Waals surface area contributed by atoms with Crippen LogP contribution in [0.25, 0.3) is 0 Å². The Morgan fingerprint density at radius 2 is 1.64 bits per heavy atom. The third-order valence-corrected chi connectivity index (χ3v) is 5.02. The first-order valence-corrected chi connectivity index (χ1v) is 12.2. The molecule has 2 nitrogen and oxygen atoms in total. The van der Waals surface area contributed by atoms with Crippen LogP contribution in [0.2, 0.25) is 19.6 Å². The zero-order valence-electron chi connectivity index (χ0n) is 15.6. The average Bonchev–Trinajstić information content (AvgIpc) is 2.61. The fraction of sp³-hybridized carbons (Fsp3) is 0.364. The third kappa shape index (κ3) is 6.08. The molecule has 0 heterocycles. The highest BCUT2D eigenvalue weighted by molar-refractivity contribution is 6.83. The smallest absolute Gasteiger partial charge is 0.129 e. The number of aliphatic hydroxyl groups excluding tert-OH is 1. The van der Waals surface area contributed by atoms with Crippen LogP contribution in [0.15, 0.2) is 54.6 Å². The Labute approximate surface area is 152 Å². The first kappa shape index (κ1) is 19.3. The van der Waals surface area contributed by atoms with Gasteiger partial charge in [-0.25, -0.2) is 0 Å². The Hall–Kier alpha value is -2.02. The van der Waals surface area contributed by atoms with Crippen LogP contribution in [0.5, 0.6) is 5.75 Å².